The van der Waals surface area contributed by atoms with Crippen LogP contribution < -0.4 is 10.2 Å². The van der Waals surface area contributed by atoms with E-state index in [-0.39, 0.29) is 12.6 Å². The van der Waals surface area contributed by atoms with Gasteiger partial charge in [-0.25, -0.2) is 9.97 Å². The number of nitrogens with zero attached hydrogens (tertiary/aromatic N) is 3. The number of aliphatic hydroxyl groups is 1. The summed E-state index contributed by atoms with van der Waals surface area (Å²) in [5, 5.41) is 13.5. The molecule has 2 rings (SSSR count). The topological polar surface area (TPSA) is 61.3 Å². The van der Waals surface area contributed by atoms with Gasteiger partial charge in [0.05, 0.1) is 12.6 Å². The van der Waals surface area contributed by atoms with Gasteiger partial charge in [0.1, 0.15) is 11.6 Å². The third-order valence-corrected chi connectivity index (χ3v) is 3.91. The van der Waals surface area contributed by atoms with Crippen LogP contribution in [0.3, 0.4) is 0 Å². The molecular weight excluding hydrogens is 260 g/mol. The predicted octanol–water partition coefficient (Wildman–Crippen LogP) is 1.98. The monoisotopic (exact) mass is 282 g/mol. The minimum Gasteiger partial charge on any atom is -0.394 e. The molecule has 0 bridgehead atoms. The van der Waals surface area contributed by atoms with Gasteiger partial charge >= 0.3 is 0 Å². The van der Waals surface area contributed by atoms with Gasteiger partial charge in [-0.3, -0.25) is 0 Å². The molecule has 0 aromatic carbocycles. The highest BCUT2D eigenvalue weighted by molar-refractivity contribution is 7.98. The van der Waals surface area contributed by atoms with Gasteiger partial charge in [-0.2, -0.15) is 0 Å². The maximum atomic E-state index is 9.52. The first kappa shape index (κ1) is 14.4. The van der Waals surface area contributed by atoms with E-state index in [4.69, 9.17) is 0 Å². The minimum absolute atomic E-state index is 0.188. The summed E-state index contributed by atoms with van der Waals surface area (Å²) in [5.41, 5.74) is 0. The summed E-state index contributed by atoms with van der Waals surface area (Å²) in [6, 6.07) is 2.17. The number of aliphatic hydroxyl groups excluding tert-OH is 1. The molecule has 106 valence electrons. The Morgan fingerprint density at radius 2 is 2.32 bits per heavy atom. The molecule has 1 fully saturated rings. The highest BCUT2D eigenvalue weighted by Crippen LogP contribution is 2.26. The summed E-state index contributed by atoms with van der Waals surface area (Å²) in [7, 11) is 0. The molecule has 0 radical (unpaired) electrons. The standard InChI is InChI=1S/C13H22N4OS/c1-3-14-11-8-12(16-13(15-11)19-2)17-7-5-4-6-10(17)9-18/h8,10,18H,3-7,9H2,1-2H3,(H,14,15,16). The zero-order valence-corrected chi connectivity index (χ0v) is 12.4. The van der Waals surface area contributed by atoms with Crippen molar-refractivity contribution in [1.29, 1.82) is 0 Å². The van der Waals surface area contributed by atoms with E-state index >= 15 is 0 Å². The summed E-state index contributed by atoms with van der Waals surface area (Å²) in [5.74, 6) is 1.79. The smallest absolute Gasteiger partial charge is 0.191 e. The highest BCUT2D eigenvalue weighted by Gasteiger charge is 2.23. The minimum atomic E-state index is 0.188. The molecule has 0 spiro atoms. The first-order chi connectivity index (χ1) is 9.28. The average molecular weight is 282 g/mol. The lowest BCUT2D eigenvalue weighted by Crippen LogP contribution is -2.42. The normalized spacial score (nSPS) is 19.5. The number of thioether (sulfide) groups is 1. The molecule has 0 amide bonds. The quantitative estimate of drug-likeness (QED) is 0.636. The first-order valence-electron chi connectivity index (χ1n) is 6.83. The molecule has 2 N–H and O–H groups in total. The number of piperidine rings is 1. The zero-order valence-electron chi connectivity index (χ0n) is 11.6. The van der Waals surface area contributed by atoms with Crippen molar-refractivity contribution < 1.29 is 5.11 Å². The van der Waals surface area contributed by atoms with Crippen LogP contribution in [0.2, 0.25) is 0 Å². The molecule has 5 nitrogen and oxygen atoms in total. The maximum absolute atomic E-state index is 9.52. The van der Waals surface area contributed by atoms with Crippen LogP contribution in [-0.2, 0) is 0 Å². The van der Waals surface area contributed by atoms with Crippen molar-refractivity contribution in [3.8, 4) is 0 Å². The summed E-state index contributed by atoms with van der Waals surface area (Å²) in [6.07, 6.45) is 5.36. The van der Waals surface area contributed by atoms with Crippen LogP contribution in [0.1, 0.15) is 26.2 Å². The molecule has 2 heterocycles. The lowest BCUT2D eigenvalue weighted by atomic mass is 10.0. The Morgan fingerprint density at radius 1 is 1.47 bits per heavy atom. The van der Waals surface area contributed by atoms with Crippen molar-refractivity contribution in [3.05, 3.63) is 6.07 Å². The van der Waals surface area contributed by atoms with Crippen molar-refractivity contribution in [2.75, 3.05) is 36.2 Å². The summed E-state index contributed by atoms with van der Waals surface area (Å²) in [6.45, 7) is 4.04. The van der Waals surface area contributed by atoms with Gasteiger partial charge in [-0.1, -0.05) is 11.8 Å². The van der Waals surface area contributed by atoms with Gasteiger partial charge in [0.15, 0.2) is 5.16 Å². The van der Waals surface area contributed by atoms with Crippen LogP contribution in [-0.4, -0.2) is 47.1 Å². The molecular formula is C13H22N4OS. The van der Waals surface area contributed by atoms with Crippen LogP contribution in [0, 0.1) is 0 Å². The number of anilines is 2. The Kier molecular flexibility index (Phi) is 5.27. The second-order valence-corrected chi connectivity index (χ2v) is 5.43. The van der Waals surface area contributed by atoms with Gasteiger partial charge in [0, 0.05) is 19.2 Å². The number of nitrogens with one attached hydrogen (secondary N) is 1. The Balaban J connectivity index is 2.28. The lowest BCUT2D eigenvalue weighted by molar-refractivity contribution is 0.239. The van der Waals surface area contributed by atoms with Crippen molar-refractivity contribution in [2.45, 2.75) is 37.4 Å². The van der Waals surface area contributed by atoms with E-state index in [0.29, 0.717) is 0 Å². The Bertz CT molecular complexity index is 416. The summed E-state index contributed by atoms with van der Waals surface area (Å²) < 4.78 is 0. The third kappa shape index (κ3) is 3.51. The molecule has 1 aromatic heterocycles. The number of hydrogen-bond donors (Lipinski definition) is 2. The van der Waals surface area contributed by atoms with Crippen LogP contribution in [0.5, 0.6) is 0 Å². The van der Waals surface area contributed by atoms with Crippen LogP contribution >= 0.6 is 11.8 Å². The number of hydrogen-bond acceptors (Lipinski definition) is 6. The molecule has 0 saturated carbocycles. The van der Waals surface area contributed by atoms with Crippen molar-refractivity contribution in [2.24, 2.45) is 0 Å². The molecule has 6 heteroatoms. The van der Waals surface area contributed by atoms with E-state index < -0.39 is 0 Å². The van der Waals surface area contributed by atoms with Crippen LogP contribution in [0.25, 0.3) is 0 Å². The van der Waals surface area contributed by atoms with Crippen molar-refractivity contribution in [3.63, 3.8) is 0 Å². The van der Waals surface area contributed by atoms with Crippen molar-refractivity contribution >= 4 is 23.4 Å². The third-order valence-electron chi connectivity index (χ3n) is 3.36. The predicted molar refractivity (Wildman–Crippen MR) is 80.0 cm³/mol. The maximum Gasteiger partial charge on any atom is 0.191 e. The Hall–Kier alpha value is -1.01. The van der Waals surface area contributed by atoms with Crippen LogP contribution in [0.4, 0.5) is 11.6 Å². The van der Waals surface area contributed by atoms with Gasteiger partial charge in [-0.15, -0.1) is 0 Å². The fourth-order valence-corrected chi connectivity index (χ4v) is 2.79. The first-order valence-corrected chi connectivity index (χ1v) is 8.05. The lowest BCUT2D eigenvalue weighted by Gasteiger charge is -2.35. The molecule has 1 aromatic rings. The fraction of sp³-hybridized carbons (Fsp3) is 0.692. The van der Waals surface area contributed by atoms with E-state index in [1.807, 2.05) is 12.3 Å². The molecule has 0 aliphatic carbocycles. The van der Waals surface area contributed by atoms with Gasteiger partial charge in [0.25, 0.3) is 0 Å². The average Bonchev–Trinajstić information content (AvgIpc) is 2.47. The highest BCUT2D eigenvalue weighted by atomic mass is 32.2. The summed E-state index contributed by atoms with van der Waals surface area (Å²) >= 11 is 1.54. The summed E-state index contributed by atoms with van der Waals surface area (Å²) in [4.78, 5) is 11.2. The van der Waals surface area contributed by atoms with Gasteiger partial charge in [0.2, 0.25) is 0 Å². The Morgan fingerprint density at radius 3 is 3.00 bits per heavy atom. The Labute approximate surface area is 118 Å². The number of rotatable bonds is 5. The van der Waals surface area contributed by atoms with E-state index in [1.54, 1.807) is 11.8 Å². The molecule has 1 aliphatic heterocycles. The van der Waals surface area contributed by atoms with Crippen LogP contribution in [0.15, 0.2) is 11.2 Å². The zero-order chi connectivity index (χ0) is 13.7. The molecule has 1 aliphatic rings. The molecule has 1 unspecified atom stereocenters. The van der Waals surface area contributed by atoms with E-state index in [2.05, 4.69) is 27.1 Å². The second kappa shape index (κ2) is 6.96. The van der Waals surface area contributed by atoms with E-state index in [9.17, 15) is 5.11 Å². The molecule has 19 heavy (non-hydrogen) atoms. The largest absolute Gasteiger partial charge is 0.394 e. The molecule has 1 atom stereocenters. The van der Waals surface area contributed by atoms with Gasteiger partial charge in [-0.05, 0) is 32.4 Å². The van der Waals surface area contributed by atoms with E-state index in [1.165, 1.54) is 6.42 Å². The van der Waals surface area contributed by atoms with Gasteiger partial charge < -0.3 is 15.3 Å². The SMILES string of the molecule is CCNc1cc(N2CCCCC2CO)nc(SC)n1. The fourth-order valence-electron chi connectivity index (χ4n) is 2.41. The molecule has 1 saturated heterocycles. The number of aromatic nitrogens is 2. The van der Waals surface area contributed by atoms with Crippen molar-refractivity contribution in [1.82, 2.24) is 9.97 Å². The van der Waals surface area contributed by atoms with E-state index in [0.717, 1.165) is 42.7 Å². The second-order valence-electron chi connectivity index (χ2n) is 4.65.